The smallest absolute Gasteiger partial charge is 0.315 e. The molecule has 3 N–H and O–H groups in total. The van der Waals surface area contributed by atoms with Gasteiger partial charge in [-0.1, -0.05) is 19.8 Å². The second-order valence-electron chi connectivity index (χ2n) is 6.33. The van der Waals surface area contributed by atoms with E-state index in [1.807, 2.05) is 0 Å². The Bertz CT molecular complexity index is 329. The highest BCUT2D eigenvalue weighted by atomic mass is 16.4. The van der Waals surface area contributed by atoms with Gasteiger partial charge in [-0.25, -0.2) is 4.79 Å². The Kier molecular flexibility index (Phi) is 5.63. The number of rotatable bonds is 4. The fourth-order valence-corrected chi connectivity index (χ4v) is 2.24. The summed E-state index contributed by atoms with van der Waals surface area (Å²) in [4.78, 5) is 22.7. The number of hydrogen-bond acceptors (Lipinski definition) is 2. The maximum atomic E-state index is 11.8. The number of nitrogens with one attached hydrogen (secondary N) is 2. The summed E-state index contributed by atoms with van der Waals surface area (Å²) in [7, 11) is 0. The fraction of sp³-hybridized carbons (Fsp3) is 0.857. The van der Waals surface area contributed by atoms with E-state index in [0.717, 1.165) is 31.6 Å². The Balaban J connectivity index is 2.33. The number of amides is 2. The van der Waals surface area contributed by atoms with Crippen LogP contribution in [0.15, 0.2) is 0 Å². The van der Waals surface area contributed by atoms with E-state index in [0.29, 0.717) is 0 Å². The molecule has 5 nitrogen and oxygen atoms in total. The molecule has 1 rings (SSSR count). The average Bonchev–Trinajstić information content (AvgIpc) is 2.52. The van der Waals surface area contributed by atoms with Gasteiger partial charge in [0, 0.05) is 12.6 Å². The van der Waals surface area contributed by atoms with Crippen molar-refractivity contribution in [1.82, 2.24) is 10.6 Å². The van der Waals surface area contributed by atoms with Crippen molar-refractivity contribution in [3.05, 3.63) is 0 Å². The van der Waals surface area contributed by atoms with Crippen molar-refractivity contribution < 1.29 is 14.7 Å². The third-order valence-corrected chi connectivity index (χ3v) is 3.86. The van der Waals surface area contributed by atoms with Crippen LogP contribution in [0.3, 0.4) is 0 Å². The van der Waals surface area contributed by atoms with Gasteiger partial charge in [0.25, 0.3) is 0 Å². The van der Waals surface area contributed by atoms with Crippen LogP contribution in [0.2, 0.25) is 0 Å². The van der Waals surface area contributed by atoms with Crippen molar-refractivity contribution in [2.75, 3.05) is 6.54 Å². The number of carbonyl (C=O) groups is 2. The summed E-state index contributed by atoms with van der Waals surface area (Å²) in [5.74, 6) is -0.170. The molecule has 0 aromatic rings. The Labute approximate surface area is 115 Å². The molecule has 2 atom stereocenters. The van der Waals surface area contributed by atoms with Crippen LogP contribution in [0, 0.1) is 11.3 Å². The lowest BCUT2D eigenvalue weighted by molar-refractivity contribution is -0.146. The van der Waals surface area contributed by atoms with Crippen LogP contribution in [0.4, 0.5) is 4.79 Å². The molecular weight excluding hydrogens is 244 g/mol. The Morgan fingerprint density at radius 2 is 1.89 bits per heavy atom. The molecule has 2 unspecified atom stereocenters. The van der Waals surface area contributed by atoms with E-state index in [1.165, 1.54) is 6.42 Å². The third kappa shape index (κ3) is 5.49. The van der Waals surface area contributed by atoms with Crippen LogP contribution in [-0.2, 0) is 4.79 Å². The predicted molar refractivity (Wildman–Crippen MR) is 74.0 cm³/mol. The van der Waals surface area contributed by atoms with Gasteiger partial charge in [0.15, 0.2) is 0 Å². The van der Waals surface area contributed by atoms with E-state index >= 15 is 0 Å². The summed E-state index contributed by atoms with van der Waals surface area (Å²) in [6, 6.07) is -0.0354. The van der Waals surface area contributed by atoms with Crippen LogP contribution in [-0.4, -0.2) is 29.7 Å². The lowest BCUT2D eigenvalue weighted by Crippen LogP contribution is -2.46. The lowest BCUT2D eigenvalue weighted by Gasteiger charge is -2.22. The van der Waals surface area contributed by atoms with Crippen LogP contribution >= 0.6 is 0 Å². The molecular formula is C14H26N2O3. The number of aliphatic carboxylic acids is 1. The molecule has 0 saturated heterocycles. The summed E-state index contributed by atoms with van der Waals surface area (Å²) in [5.41, 5.74) is -0.935. The maximum absolute atomic E-state index is 11.8. The second kappa shape index (κ2) is 6.78. The molecule has 110 valence electrons. The molecule has 1 saturated carbocycles. The zero-order chi connectivity index (χ0) is 14.5. The van der Waals surface area contributed by atoms with Crippen LogP contribution in [0.25, 0.3) is 0 Å². The minimum Gasteiger partial charge on any atom is -0.481 e. The summed E-state index contributed by atoms with van der Waals surface area (Å²) < 4.78 is 0. The molecule has 0 heterocycles. The van der Waals surface area contributed by atoms with Crippen molar-refractivity contribution in [1.29, 1.82) is 0 Å². The number of urea groups is 1. The predicted octanol–water partition coefficient (Wildman–Crippen LogP) is 2.37. The van der Waals surface area contributed by atoms with Gasteiger partial charge in [-0.3, -0.25) is 4.79 Å². The first-order chi connectivity index (χ1) is 8.81. The van der Waals surface area contributed by atoms with Crippen LogP contribution < -0.4 is 10.6 Å². The van der Waals surface area contributed by atoms with Crippen LogP contribution in [0.5, 0.6) is 0 Å². The Morgan fingerprint density at radius 1 is 1.21 bits per heavy atom. The molecule has 1 aliphatic carbocycles. The van der Waals surface area contributed by atoms with E-state index in [4.69, 9.17) is 5.11 Å². The summed E-state index contributed by atoms with van der Waals surface area (Å²) in [6.45, 7) is 5.58. The fourth-order valence-electron chi connectivity index (χ4n) is 2.24. The molecule has 5 heteroatoms. The maximum Gasteiger partial charge on any atom is 0.315 e. The van der Waals surface area contributed by atoms with Gasteiger partial charge in [-0.2, -0.15) is 0 Å². The normalized spacial score (nSPS) is 24.4. The highest BCUT2D eigenvalue weighted by molar-refractivity contribution is 5.77. The van der Waals surface area contributed by atoms with E-state index in [-0.39, 0.29) is 18.6 Å². The number of carbonyl (C=O) groups excluding carboxylic acids is 1. The molecule has 0 spiro atoms. The Hall–Kier alpha value is -1.26. The minimum atomic E-state index is -0.935. The second-order valence-corrected chi connectivity index (χ2v) is 6.33. The van der Waals surface area contributed by atoms with Crippen molar-refractivity contribution >= 4 is 12.0 Å². The standard InChI is InChI=1S/C14H26N2O3/c1-10-5-4-6-11(8-7-10)16-13(19)15-9-14(2,3)12(17)18/h10-11H,4-9H2,1-3H3,(H,17,18)(H2,15,16,19). The van der Waals surface area contributed by atoms with Gasteiger partial charge in [-0.15, -0.1) is 0 Å². The monoisotopic (exact) mass is 270 g/mol. The molecule has 19 heavy (non-hydrogen) atoms. The van der Waals surface area contributed by atoms with Crippen LogP contribution in [0.1, 0.15) is 52.9 Å². The van der Waals surface area contributed by atoms with Crippen molar-refractivity contribution in [3.8, 4) is 0 Å². The van der Waals surface area contributed by atoms with E-state index in [2.05, 4.69) is 17.6 Å². The SMILES string of the molecule is CC1CCCC(NC(=O)NCC(C)(C)C(=O)O)CC1. The molecule has 0 radical (unpaired) electrons. The van der Waals surface area contributed by atoms with Gasteiger partial charge >= 0.3 is 12.0 Å². The molecule has 1 fully saturated rings. The Morgan fingerprint density at radius 3 is 2.53 bits per heavy atom. The summed E-state index contributed by atoms with van der Waals surface area (Å²) in [6.07, 6.45) is 5.54. The number of carboxylic acid groups (broad SMARTS) is 1. The molecule has 0 aromatic heterocycles. The summed E-state index contributed by atoms with van der Waals surface area (Å²) >= 11 is 0. The van der Waals surface area contributed by atoms with E-state index in [9.17, 15) is 9.59 Å². The summed E-state index contributed by atoms with van der Waals surface area (Å²) in [5, 5.41) is 14.6. The number of hydrogen-bond donors (Lipinski definition) is 3. The molecule has 1 aliphatic rings. The van der Waals surface area contributed by atoms with Crippen molar-refractivity contribution in [2.45, 2.75) is 58.9 Å². The minimum absolute atomic E-state index is 0.136. The molecule has 0 bridgehead atoms. The van der Waals surface area contributed by atoms with Gasteiger partial charge in [0.2, 0.25) is 0 Å². The zero-order valence-electron chi connectivity index (χ0n) is 12.2. The van der Waals surface area contributed by atoms with Gasteiger partial charge in [0.05, 0.1) is 5.41 Å². The zero-order valence-corrected chi connectivity index (χ0v) is 12.2. The first-order valence-corrected chi connectivity index (χ1v) is 7.09. The van der Waals surface area contributed by atoms with Crippen molar-refractivity contribution in [3.63, 3.8) is 0 Å². The lowest BCUT2D eigenvalue weighted by atomic mass is 9.94. The van der Waals surface area contributed by atoms with Crippen molar-refractivity contribution in [2.24, 2.45) is 11.3 Å². The molecule has 0 aliphatic heterocycles. The number of carboxylic acids is 1. The van der Waals surface area contributed by atoms with Gasteiger partial charge < -0.3 is 15.7 Å². The largest absolute Gasteiger partial charge is 0.481 e. The highest BCUT2D eigenvalue weighted by Crippen LogP contribution is 2.22. The van der Waals surface area contributed by atoms with E-state index in [1.54, 1.807) is 13.8 Å². The first-order valence-electron chi connectivity index (χ1n) is 7.09. The van der Waals surface area contributed by atoms with Gasteiger partial charge in [0.1, 0.15) is 0 Å². The molecule has 0 aromatic carbocycles. The molecule has 2 amide bonds. The third-order valence-electron chi connectivity index (χ3n) is 3.86. The average molecular weight is 270 g/mol. The topological polar surface area (TPSA) is 78.4 Å². The highest BCUT2D eigenvalue weighted by Gasteiger charge is 2.28. The van der Waals surface area contributed by atoms with E-state index < -0.39 is 11.4 Å². The van der Waals surface area contributed by atoms with Gasteiger partial charge in [-0.05, 0) is 39.0 Å². The quantitative estimate of drug-likeness (QED) is 0.686. The first kappa shape index (κ1) is 15.8.